The van der Waals surface area contributed by atoms with Gasteiger partial charge in [-0.2, -0.15) is 0 Å². The van der Waals surface area contributed by atoms with Gasteiger partial charge >= 0.3 is 0 Å². The zero-order valence-electron chi connectivity index (χ0n) is 11.4. The van der Waals surface area contributed by atoms with Gasteiger partial charge in [0.25, 0.3) is 0 Å². The van der Waals surface area contributed by atoms with Crippen LogP contribution in [0, 0.1) is 5.92 Å². The predicted octanol–water partition coefficient (Wildman–Crippen LogP) is 1.26. The van der Waals surface area contributed by atoms with E-state index in [4.69, 9.17) is 4.74 Å². The standard InChI is InChI=1S/C13H26N2O2/c1-11(2)12-6-4-5-8-15(12)13(16)10-14-7-9-17-3/h11-12,14H,4-10H2,1-3H3. The molecule has 0 bridgehead atoms. The van der Waals surface area contributed by atoms with Crippen LogP contribution >= 0.6 is 0 Å². The molecule has 1 saturated heterocycles. The number of carbonyl (C=O) groups is 1. The largest absolute Gasteiger partial charge is 0.383 e. The lowest BCUT2D eigenvalue weighted by Crippen LogP contribution is -2.49. The Hall–Kier alpha value is -0.610. The van der Waals surface area contributed by atoms with Crippen molar-refractivity contribution in [2.45, 2.75) is 39.2 Å². The molecule has 0 aromatic carbocycles. The van der Waals surface area contributed by atoms with Gasteiger partial charge in [-0.25, -0.2) is 0 Å². The van der Waals surface area contributed by atoms with Crippen molar-refractivity contribution in [3.05, 3.63) is 0 Å². The van der Waals surface area contributed by atoms with Gasteiger partial charge in [-0.15, -0.1) is 0 Å². The first-order valence-electron chi connectivity index (χ1n) is 6.66. The number of methoxy groups -OCH3 is 1. The molecular formula is C13H26N2O2. The van der Waals surface area contributed by atoms with E-state index in [1.165, 1.54) is 6.42 Å². The minimum Gasteiger partial charge on any atom is -0.383 e. The first kappa shape index (κ1) is 14.5. The number of ether oxygens (including phenoxy) is 1. The van der Waals surface area contributed by atoms with Crippen LogP contribution in [0.2, 0.25) is 0 Å². The minimum atomic E-state index is 0.236. The predicted molar refractivity (Wildman–Crippen MR) is 68.9 cm³/mol. The van der Waals surface area contributed by atoms with E-state index in [1.807, 2.05) is 0 Å². The molecule has 1 unspecified atom stereocenters. The highest BCUT2D eigenvalue weighted by molar-refractivity contribution is 5.78. The van der Waals surface area contributed by atoms with Gasteiger partial charge in [0.05, 0.1) is 13.2 Å². The van der Waals surface area contributed by atoms with Crippen LogP contribution < -0.4 is 5.32 Å². The molecule has 1 heterocycles. The summed E-state index contributed by atoms with van der Waals surface area (Å²) in [6.07, 6.45) is 3.55. The van der Waals surface area contributed by atoms with Crippen molar-refractivity contribution >= 4 is 5.91 Å². The Labute approximate surface area is 105 Å². The summed E-state index contributed by atoms with van der Waals surface area (Å²) in [5.74, 6) is 0.790. The van der Waals surface area contributed by atoms with E-state index in [-0.39, 0.29) is 5.91 Å². The van der Waals surface area contributed by atoms with Gasteiger partial charge in [0.15, 0.2) is 0 Å². The Kier molecular flexibility index (Phi) is 6.52. The van der Waals surface area contributed by atoms with Crippen molar-refractivity contribution in [3.63, 3.8) is 0 Å². The van der Waals surface area contributed by atoms with Crippen LogP contribution in [0.5, 0.6) is 0 Å². The molecule has 17 heavy (non-hydrogen) atoms. The fraction of sp³-hybridized carbons (Fsp3) is 0.923. The van der Waals surface area contributed by atoms with Gasteiger partial charge in [-0.05, 0) is 25.2 Å². The number of rotatable bonds is 6. The van der Waals surface area contributed by atoms with Crippen molar-refractivity contribution in [2.75, 3.05) is 33.4 Å². The van der Waals surface area contributed by atoms with E-state index in [0.29, 0.717) is 25.1 Å². The van der Waals surface area contributed by atoms with Crippen molar-refractivity contribution in [3.8, 4) is 0 Å². The Morgan fingerprint density at radius 2 is 2.24 bits per heavy atom. The zero-order chi connectivity index (χ0) is 12.7. The van der Waals surface area contributed by atoms with E-state index in [0.717, 1.165) is 25.9 Å². The molecule has 0 aliphatic carbocycles. The Morgan fingerprint density at radius 3 is 2.88 bits per heavy atom. The lowest BCUT2D eigenvalue weighted by atomic mass is 9.93. The number of piperidine rings is 1. The van der Waals surface area contributed by atoms with Crippen molar-refractivity contribution < 1.29 is 9.53 Å². The molecule has 0 aromatic rings. The first-order valence-corrected chi connectivity index (χ1v) is 6.66. The zero-order valence-corrected chi connectivity index (χ0v) is 11.4. The summed E-state index contributed by atoms with van der Waals surface area (Å²) in [7, 11) is 1.67. The summed E-state index contributed by atoms with van der Waals surface area (Å²) in [6.45, 7) is 7.16. The molecule has 0 saturated carbocycles. The van der Waals surface area contributed by atoms with Crippen LogP contribution in [0.25, 0.3) is 0 Å². The summed E-state index contributed by atoms with van der Waals surface area (Å²) in [4.78, 5) is 14.2. The molecule has 0 spiro atoms. The van der Waals surface area contributed by atoms with E-state index < -0.39 is 0 Å². The third kappa shape index (κ3) is 4.64. The van der Waals surface area contributed by atoms with Crippen LogP contribution in [0.4, 0.5) is 0 Å². The van der Waals surface area contributed by atoms with Crippen molar-refractivity contribution in [1.82, 2.24) is 10.2 Å². The molecule has 1 amide bonds. The molecule has 1 rings (SSSR count). The van der Waals surface area contributed by atoms with Crippen molar-refractivity contribution in [2.24, 2.45) is 5.92 Å². The highest BCUT2D eigenvalue weighted by Crippen LogP contribution is 2.22. The number of hydrogen-bond donors (Lipinski definition) is 1. The smallest absolute Gasteiger partial charge is 0.236 e. The normalized spacial score (nSPS) is 20.9. The van der Waals surface area contributed by atoms with Gasteiger partial charge in [-0.1, -0.05) is 13.8 Å². The minimum absolute atomic E-state index is 0.236. The summed E-state index contributed by atoms with van der Waals surface area (Å²) >= 11 is 0. The summed E-state index contributed by atoms with van der Waals surface area (Å²) in [6, 6.07) is 0.431. The Bertz CT molecular complexity index is 231. The topological polar surface area (TPSA) is 41.6 Å². The summed E-state index contributed by atoms with van der Waals surface area (Å²) < 4.78 is 4.94. The fourth-order valence-electron chi connectivity index (χ4n) is 2.43. The maximum atomic E-state index is 12.1. The second-order valence-electron chi connectivity index (χ2n) is 5.06. The molecule has 100 valence electrons. The second-order valence-corrected chi connectivity index (χ2v) is 5.06. The van der Waals surface area contributed by atoms with E-state index in [9.17, 15) is 4.79 Å². The molecule has 1 N–H and O–H groups in total. The monoisotopic (exact) mass is 242 g/mol. The highest BCUT2D eigenvalue weighted by Gasteiger charge is 2.28. The molecule has 1 fully saturated rings. The van der Waals surface area contributed by atoms with Crippen LogP contribution in [0.15, 0.2) is 0 Å². The number of nitrogens with one attached hydrogen (secondary N) is 1. The lowest BCUT2D eigenvalue weighted by Gasteiger charge is -2.38. The van der Waals surface area contributed by atoms with Gasteiger partial charge < -0.3 is 15.0 Å². The molecule has 0 radical (unpaired) electrons. The van der Waals surface area contributed by atoms with Gasteiger partial charge in [0.2, 0.25) is 5.91 Å². The number of carbonyl (C=O) groups excluding carboxylic acids is 1. The highest BCUT2D eigenvalue weighted by atomic mass is 16.5. The fourth-order valence-corrected chi connectivity index (χ4v) is 2.43. The number of nitrogens with zero attached hydrogens (tertiary/aromatic N) is 1. The van der Waals surface area contributed by atoms with Crippen LogP contribution in [-0.4, -0.2) is 50.2 Å². The van der Waals surface area contributed by atoms with Crippen LogP contribution in [0.3, 0.4) is 0 Å². The molecule has 0 aromatic heterocycles. The van der Waals surface area contributed by atoms with E-state index in [1.54, 1.807) is 7.11 Å². The van der Waals surface area contributed by atoms with Gasteiger partial charge in [0.1, 0.15) is 0 Å². The van der Waals surface area contributed by atoms with E-state index >= 15 is 0 Å². The summed E-state index contributed by atoms with van der Waals surface area (Å²) in [5, 5.41) is 3.13. The lowest BCUT2D eigenvalue weighted by molar-refractivity contribution is -0.135. The maximum Gasteiger partial charge on any atom is 0.236 e. The number of likely N-dealkylation sites (tertiary alicyclic amines) is 1. The van der Waals surface area contributed by atoms with Gasteiger partial charge in [0, 0.05) is 26.2 Å². The van der Waals surface area contributed by atoms with Crippen molar-refractivity contribution in [1.29, 1.82) is 0 Å². The summed E-state index contributed by atoms with van der Waals surface area (Å²) in [5.41, 5.74) is 0. The van der Waals surface area contributed by atoms with Crippen LogP contribution in [-0.2, 0) is 9.53 Å². The Morgan fingerprint density at radius 1 is 1.47 bits per heavy atom. The maximum absolute atomic E-state index is 12.1. The SMILES string of the molecule is COCCNCC(=O)N1CCCCC1C(C)C. The number of hydrogen-bond acceptors (Lipinski definition) is 3. The number of amides is 1. The third-order valence-corrected chi connectivity index (χ3v) is 3.40. The first-order chi connectivity index (χ1) is 8.16. The molecule has 4 heteroatoms. The Balaban J connectivity index is 2.36. The quantitative estimate of drug-likeness (QED) is 0.713. The van der Waals surface area contributed by atoms with Crippen LogP contribution in [0.1, 0.15) is 33.1 Å². The third-order valence-electron chi connectivity index (χ3n) is 3.40. The average Bonchev–Trinajstić information content (AvgIpc) is 2.34. The molecule has 1 aliphatic heterocycles. The average molecular weight is 242 g/mol. The second kappa shape index (κ2) is 7.67. The molecular weight excluding hydrogens is 216 g/mol. The molecule has 4 nitrogen and oxygen atoms in total. The molecule has 1 atom stereocenters. The molecule has 1 aliphatic rings. The van der Waals surface area contributed by atoms with E-state index in [2.05, 4.69) is 24.1 Å². The van der Waals surface area contributed by atoms with Gasteiger partial charge in [-0.3, -0.25) is 4.79 Å².